The molecule has 1 aromatic rings. The SMILES string of the molecule is Cc1cc2c(cc1CCCN)OC(C)(C)O2. The summed E-state index contributed by atoms with van der Waals surface area (Å²) < 4.78 is 11.4. The molecule has 88 valence electrons. The fourth-order valence-electron chi connectivity index (χ4n) is 1.98. The quantitative estimate of drug-likeness (QED) is 0.852. The molecule has 0 unspecified atom stereocenters. The Bertz CT molecular complexity index is 399. The van der Waals surface area contributed by atoms with Crippen LogP contribution in [0.2, 0.25) is 0 Å². The number of hydrogen-bond acceptors (Lipinski definition) is 3. The maximum atomic E-state index is 5.72. The summed E-state index contributed by atoms with van der Waals surface area (Å²) in [6.07, 6.45) is 2.00. The van der Waals surface area contributed by atoms with E-state index in [0.29, 0.717) is 0 Å². The minimum Gasteiger partial charge on any atom is -0.449 e. The summed E-state index contributed by atoms with van der Waals surface area (Å²) in [7, 11) is 0. The second kappa shape index (κ2) is 3.98. The topological polar surface area (TPSA) is 44.5 Å². The lowest BCUT2D eigenvalue weighted by Gasteiger charge is -2.16. The molecule has 0 bridgehead atoms. The van der Waals surface area contributed by atoms with Gasteiger partial charge in [0.2, 0.25) is 5.79 Å². The molecule has 0 saturated heterocycles. The van der Waals surface area contributed by atoms with E-state index in [0.717, 1.165) is 30.9 Å². The van der Waals surface area contributed by atoms with Crippen LogP contribution in [0.25, 0.3) is 0 Å². The number of rotatable bonds is 3. The maximum absolute atomic E-state index is 5.72. The third kappa shape index (κ3) is 2.14. The molecule has 0 aromatic heterocycles. The van der Waals surface area contributed by atoms with E-state index in [9.17, 15) is 0 Å². The van der Waals surface area contributed by atoms with Crippen LogP contribution in [0.3, 0.4) is 0 Å². The van der Waals surface area contributed by atoms with Gasteiger partial charge >= 0.3 is 0 Å². The molecule has 0 atom stereocenters. The van der Waals surface area contributed by atoms with E-state index < -0.39 is 5.79 Å². The fraction of sp³-hybridized carbons (Fsp3) is 0.538. The number of benzene rings is 1. The molecule has 1 aliphatic heterocycles. The average molecular weight is 221 g/mol. The predicted octanol–water partition coefficient (Wildman–Crippen LogP) is 2.39. The Kier molecular flexibility index (Phi) is 2.80. The predicted molar refractivity (Wildman–Crippen MR) is 63.9 cm³/mol. The minimum atomic E-state index is -0.540. The summed E-state index contributed by atoms with van der Waals surface area (Å²) in [6.45, 7) is 6.66. The van der Waals surface area contributed by atoms with Gasteiger partial charge in [-0.15, -0.1) is 0 Å². The van der Waals surface area contributed by atoms with Crippen molar-refractivity contribution in [2.45, 2.75) is 39.4 Å². The number of aryl methyl sites for hydroxylation is 2. The van der Waals surface area contributed by atoms with Crippen molar-refractivity contribution in [2.75, 3.05) is 6.54 Å². The highest BCUT2D eigenvalue weighted by molar-refractivity contribution is 5.49. The van der Waals surface area contributed by atoms with Gasteiger partial charge in [0.05, 0.1) is 0 Å². The summed E-state index contributed by atoms with van der Waals surface area (Å²) in [5, 5.41) is 0. The zero-order chi connectivity index (χ0) is 11.8. The fourth-order valence-corrected chi connectivity index (χ4v) is 1.98. The molecule has 0 saturated carbocycles. The summed E-state index contributed by atoms with van der Waals surface area (Å²) in [6, 6.07) is 4.13. The van der Waals surface area contributed by atoms with Crippen molar-refractivity contribution < 1.29 is 9.47 Å². The lowest BCUT2D eigenvalue weighted by Crippen LogP contribution is -2.29. The molecular formula is C13H19NO2. The first-order valence-corrected chi connectivity index (χ1v) is 5.73. The highest BCUT2D eigenvalue weighted by Gasteiger charge is 2.32. The molecule has 0 amide bonds. The van der Waals surface area contributed by atoms with E-state index in [4.69, 9.17) is 15.2 Å². The lowest BCUT2D eigenvalue weighted by atomic mass is 10.0. The Labute approximate surface area is 96.5 Å². The van der Waals surface area contributed by atoms with E-state index >= 15 is 0 Å². The van der Waals surface area contributed by atoms with Crippen LogP contribution in [0.1, 0.15) is 31.4 Å². The number of fused-ring (bicyclic) bond motifs is 1. The van der Waals surface area contributed by atoms with Gasteiger partial charge in [-0.3, -0.25) is 0 Å². The molecule has 3 heteroatoms. The molecular weight excluding hydrogens is 202 g/mol. The largest absolute Gasteiger partial charge is 0.449 e. The van der Waals surface area contributed by atoms with Crippen molar-refractivity contribution in [3.05, 3.63) is 23.3 Å². The van der Waals surface area contributed by atoms with Crippen molar-refractivity contribution >= 4 is 0 Å². The third-order valence-electron chi connectivity index (χ3n) is 2.76. The van der Waals surface area contributed by atoms with Gasteiger partial charge in [0.25, 0.3) is 0 Å². The van der Waals surface area contributed by atoms with Crippen LogP contribution in [0.4, 0.5) is 0 Å². The summed E-state index contributed by atoms with van der Waals surface area (Å²) in [5.41, 5.74) is 8.07. The van der Waals surface area contributed by atoms with Gasteiger partial charge in [0.1, 0.15) is 0 Å². The van der Waals surface area contributed by atoms with Gasteiger partial charge < -0.3 is 15.2 Å². The Morgan fingerprint density at radius 2 is 1.81 bits per heavy atom. The smallest absolute Gasteiger partial charge is 0.246 e. The monoisotopic (exact) mass is 221 g/mol. The average Bonchev–Trinajstić information content (AvgIpc) is 2.47. The molecule has 1 heterocycles. The van der Waals surface area contributed by atoms with E-state index in [-0.39, 0.29) is 0 Å². The zero-order valence-electron chi connectivity index (χ0n) is 10.2. The third-order valence-corrected chi connectivity index (χ3v) is 2.76. The van der Waals surface area contributed by atoms with Crippen molar-refractivity contribution in [1.29, 1.82) is 0 Å². The van der Waals surface area contributed by atoms with E-state index in [1.54, 1.807) is 0 Å². The van der Waals surface area contributed by atoms with Crippen LogP contribution in [-0.4, -0.2) is 12.3 Å². The molecule has 1 aliphatic rings. The van der Waals surface area contributed by atoms with Gasteiger partial charge in [-0.1, -0.05) is 0 Å². The number of nitrogens with two attached hydrogens (primary N) is 1. The Morgan fingerprint density at radius 1 is 1.19 bits per heavy atom. The van der Waals surface area contributed by atoms with Crippen molar-refractivity contribution in [2.24, 2.45) is 5.73 Å². The summed E-state index contributed by atoms with van der Waals surface area (Å²) >= 11 is 0. The molecule has 1 aromatic carbocycles. The summed E-state index contributed by atoms with van der Waals surface area (Å²) in [4.78, 5) is 0. The zero-order valence-corrected chi connectivity index (χ0v) is 10.2. The molecule has 0 aliphatic carbocycles. The first kappa shape index (κ1) is 11.3. The van der Waals surface area contributed by atoms with Crippen LogP contribution in [0, 0.1) is 6.92 Å². The normalized spacial score (nSPS) is 16.5. The molecule has 16 heavy (non-hydrogen) atoms. The standard InChI is InChI=1S/C13H19NO2/c1-9-7-11-12(16-13(2,3)15-11)8-10(9)5-4-6-14/h7-8H,4-6,14H2,1-3H3. The first-order valence-electron chi connectivity index (χ1n) is 5.73. The van der Waals surface area contributed by atoms with Crippen LogP contribution in [-0.2, 0) is 6.42 Å². The highest BCUT2D eigenvalue weighted by atomic mass is 16.7. The van der Waals surface area contributed by atoms with Gasteiger partial charge in [0.15, 0.2) is 11.5 Å². The van der Waals surface area contributed by atoms with Crippen molar-refractivity contribution in [1.82, 2.24) is 0 Å². The number of ether oxygens (including phenoxy) is 2. The van der Waals surface area contributed by atoms with Gasteiger partial charge in [0, 0.05) is 13.8 Å². The molecule has 2 N–H and O–H groups in total. The molecule has 0 spiro atoms. The molecule has 3 nitrogen and oxygen atoms in total. The van der Waals surface area contributed by atoms with E-state index in [2.05, 4.69) is 19.1 Å². The second-order valence-electron chi connectivity index (χ2n) is 4.72. The van der Waals surface area contributed by atoms with Gasteiger partial charge in [-0.05, 0) is 49.6 Å². The van der Waals surface area contributed by atoms with Crippen molar-refractivity contribution in [3.8, 4) is 11.5 Å². The van der Waals surface area contributed by atoms with Crippen LogP contribution < -0.4 is 15.2 Å². The second-order valence-corrected chi connectivity index (χ2v) is 4.72. The first-order chi connectivity index (χ1) is 7.52. The molecule has 0 radical (unpaired) electrons. The Morgan fingerprint density at radius 3 is 2.44 bits per heavy atom. The molecule has 0 fully saturated rings. The van der Waals surface area contributed by atoms with Crippen molar-refractivity contribution in [3.63, 3.8) is 0 Å². The van der Waals surface area contributed by atoms with Crippen LogP contribution >= 0.6 is 0 Å². The Balaban J connectivity index is 2.26. The molecule has 2 rings (SSSR count). The highest BCUT2D eigenvalue weighted by Crippen LogP contribution is 2.40. The van der Waals surface area contributed by atoms with Crippen LogP contribution in [0.5, 0.6) is 11.5 Å². The van der Waals surface area contributed by atoms with Crippen LogP contribution in [0.15, 0.2) is 12.1 Å². The van der Waals surface area contributed by atoms with Gasteiger partial charge in [-0.2, -0.15) is 0 Å². The Hall–Kier alpha value is -1.22. The summed E-state index contributed by atoms with van der Waals surface area (Å²) in [5.74, 6) is 1.16. The van der Waals surface area contributed by atoms with E-state index in [1.165, 1.54) is 11.1 Å². The number of hydrogen-bond donors (Lipinski definition) is 1. The van der Waals surface area contributed by atoms with Gasteiger partial charge in [-0.25, -0.2) is 0 Å². The minimum absolute atomic E-state index is 0.540. The van der Waals surface area contributed by atoms with E-state index in [1.807, 2.05) is 13.8 Å². The maximum Gasteiger partial charge on any atom is 0.246 e. The lowest BCUT2D eigenvalue weighted by molar-refractivity contribution is -0.0431.